The van der Waals surface area contributed by atoms with Gasteiger partial charge in [0.15, 0.2) is 5.82 Å². The summed E-state index contributed by atoms with van der Waals surface area (Å²) in [5.74, 6) is 0.467. The number of imidazole rings is 1. The van der Waals surface area contributed by atoms with Gasteiger partial charge in [0.25, 0.3) is 0 Å². The first kappa shape index (κ1) is 13.0. The van der Waals surface area contributed by atoms with Crippen LogP contribution < -0.4 is 4.90 Å². The quantitative estimate of drug-likeness (QED) is 0.525. The summed E-state index contributed by atoms with van der Waals surface area (Å²) >= 11 is 0. The number of nitro groups is 1. The molecule has 0 saturated carbocycles. The minimum Gasteiger partial charge on any atom is -0.358 e. The maximum absolute atomic E-state index is 10.9. The van der Waals surface area contributed by atoms with Crippen LogP contribution in [0.5, 0.6) is 0 Å². The Hall–Kier alpha value is -2.97. The molecule has 3 rings (SSSR count). The van der Waals surface area contributed by atoms with Crippen molar-refractivity contribution in [3.63, 3.8) is 0 Å². The average Bonchev–Trinajstić information content (AvgIpc) is 3.04. The molecule has 0 amide bonds. The lowest BCUT2D eigenvalue weighted by atomic mass is 10.3. The van der Waals surface area contributed by atoms with Gasteiger partial charge in [-0.25, -0.2) is 4.98 Å². The maximum atomic E-state index is 10.9. The highest BCUT2D eigenvalue weighted by atomic mass is 16.6. The van der Waals surface area contributed by atoms with Crippen LogP contribution in [0.25, 0.3) is 5.65 Å². The van der Waals surface area contributed by atoms with Crippen molar-refractivity contribution in [3.05, 3.63) is 46.4 Å². The highest BCUT2D eigenvalue weighted by Gasteiger charge is 2.17. The lowest BCUT2D eigenvalue weighted by Gasteiger charge is -2.15. The Morgan fingerprint density at radius 2 is 2.19 bits per heavy atom. The van der Waals surface area contributed by atoms with Crippen LogP contribution in [0, 0.1) is 10.1 Å². The molecular weight excluding hydrogens is 274 g/mol. The zero-order valence-corrected chi connectivity index (χ0v) is 11.5. The van der Waals surface area contributed by atoms with E-state index in [2.05, 4.69) is 15.2 Å². The molecule has 0 bridgehead atoms. The fraction of sp³-hybridized carbons (Fsp3) is 0.250. The van der Waals surface area contributed by atoms with Crippen LogP contribution in [0.1, 0.15) is 5.56 Å². The second-order valence-electron chi connectivity index (χ2n) is 4.71. The smallest absolute Gasteiger partial charge is 0.358 e. The Bertz CT molecular complexity index is 807. The second-order valence-corrected chi connectivity index (χ2v) is 4.71. The molecule has 0 aromatic carbocycles. The molecule has 0 aliphatic rings. The van der Waals surface area contributed by atoms with Gasteiger partial charge in [-0.15, -0.1) is 0 Å². The van der Waals surface area contributed by atoms with Gasteiger partial charge in [-0.3, -0.25) is 4.68 Å². The summed E-state index contributed by atoms with van der Waals surface area (Å²) in [7, 11) is 3.71. The molecule has 3 aromatic heterocycles. The molecule has 0 aliphatic heterocycles. The van der Waals surface area contributed by atoms with Crippen molar-refractivity contribution in [1.82, 2.24) is 24.4 Å². The van der Waals surface area contributed by atoms with Crippen LogP contribution in [-0.4, -0.2) is 36.3 Å². The Morgan fingerprint density at radius 1 is 1.38 bits per heavy atom. The van der Waals surface area contributed by atoms with Gasteiger partial charge in [0.2, 0.25) is 5.65 Å². The SMILES string of the molecule is CN(Cc1cnn(C)c1)c1ccc2ncc([N+](=O)[O-])n2n1. The molecule has 0 spiro atoms. The van der Waals surface area contributed by atoms with Crippen molar-refractivity contribution >= 4 is 17.3 Å². The molecule has 108 valence electrons. The number of aromatic nitrogens is 5. The van der Waals surface area contributed by atoms with Crippen LogP contribution in [0.4, 0.5) is 11.6 Å². The van der Waals surface area contributed by atoms with E-state index >= 15 is 0 Å². The van der Waals surface area contributed by atoms with Gasteiger partial charge in [-0.1, -0.05) is 9.61 Å². The number of anilines is 1. The lowest BCUT2D eigenvalue weighted by Crippen LogP contribution is -2.18. The van der Waals surface area contributed by atoms with Crippen LogP contribution in [0.2, 0.25) is 0 Å². The van der Waals surface area contributed by atoms with Crippen molar-refractivity contribution < 1.29 is 4.92 Å². The molecule has 3 heterocycles. The lowest BCUT2D eigenvalue weighted by molar-refractivity contribution is -0.391. The van der Waals surface area contributed by atoms with E-state index in [4.69, 9.17) is 0 Å². The molecule has 9 heteroatoms. The number of hydrogen-bond donors (Lipinski definition) is 0. The van der Waals surface area contributed by atoms with Gasteiger partial charge >= 0.3 is 5.82 Å². The molecule has 21 heavy (non-hydrogen) atoms. The number of hydrogen-bond acceptors (Lipinski definition) is 6. The molecule has 0 unspecified atom stereocenters. The van der Waals surface area contributed by atoms with E-state index in [1.54, 1.807) is 23.0 Å². The van der Waals surface area contributed by atoms with Crippen LogP contribution in [0.15, 0.2) is 30.7 Å². The summed E-state index contributed by atoms with van der Waals surface area (Å²) in [5.41, 5.74) is 1.47. The van der Waals surface area contributed by atoms with Crippen LogP contribution in [-0.2, 0) is 13.6 Å². The Kier molecular flexibility index (Phi) is 3.01. The molecule has 0 N–H and O–H groups in total. The first-order valence-corrected chi connectivity index (χ1v) is 6.22. The first-order valence-electron chi connectivity index (χ1n) is 6.22. The Morgan fingerprint density at radius 3 is 2.86 bits per heavy atom. The van der Waals surface area contributed by atoms with Gasteiger partial charge in [-0.2, -0.15) is 5.10 Å². The predicted octanol–water partition coefficient (Wildman–Crippen LogP) is 1.01. The van der Waals surface area contributed by atoms with Crippen LogP contribution in [0.3, 0.4) is 0 Å². The summed E-state index contributed by atoms with van der Waals surface area (Å²) < 4.78 is 2.95. The third kappa shape index (κ3) is 2.40. The minimum absolute atomic E-state index is 0.151. The monoisotopic (exact) mass is 287 g/mol. The molecule has 0 aliphatic carbocycles. The van der Waals surface area contributed by atoms with Crippen LogP contribution >= 0.6 is 0 Å². The summed E-state index contributed by atoms with van der Waals surface area (Å²) in [6, 6.07) is 3.48. The van der Waals surface area contributed by atoms with E-state index in [9.17, 15) is 10.1 Å². The summed E-state index contributed by atoms with van der Waals surface area (Å²) in [6.45, 7) is 0.606. The van der Waals surface area contributed by atoms with Gasteiger partial charge in [-0.05, 0) is 11.0 Å². The van der Waals surface area contributed by atoms with Crippen molar-refractivity contribution in [2.75, 3.05) is 11.9 Å². The third-order valence-corrected chi connectivity index (χ3v) is 3.09. The molecule has 0 saturated heterocycles. The summed E-state index contributed by atoms with van der Waals surface area (Å²) in [4.78, 5) is 16.3. The summed E-state index contributed by atoms with van der Waals surface area (Å²) in [6.07, 6.45) is 4.89. The van der Waals surface area contributed by atoms with E-state index in [1.807, 2.05) is 25.2 Å². The highest BCUT2D eigenvalue weighted by molar-refractivity contribution is 5.49. The number of fused-ring (bicyclic) bond motifs is 1. The van der Waals surface area contributed by atoms with Crippen molar-refractivity contribution in [2.24, 2.45) is 7.05 Å². The molecule has 0 radical (unpaired) electrons. The van der Waals surface area contributed by atoms with E-state index < -0.39 is 4.92 Å². The van der Waals surface area contributed by atoms with E-state index in [0.717, 1.165) is 5.56 Å². The first-order chi connectivity index (χ1) is 10.0. The van der Waals surface area contributed by atoms with Crippen molar-refractivity contribution in [3.8, 4) is 0 Å². The largest absolute Gasteiger partial charge is 0.368 e. The number of aryl methyl sites for hydroxylation is 1. The summed E-state index contributed by atoms with van der Waals surface area (Å²) in [5, 5.41) is 19.3. The minimum atomic E-state index is -0.502. The zero-order valence-electron chi connectivity index (χ0n) is 11.5. The van der Waals surface area contributed by atoms with Gasteiger partial charge in [0, 0.05) is 38.5 Å². The fourth-order valence-electron chi connectivity index (χ4n) is 2.09. The topological polar surface area (TPSA) is 94.4 Å². The van der Waals surface area contributed by atoms with Crippen molar-refractivity contribution in [1.29, 1.82) is 0 Å². The molecular formula is C12H13N7O2. The maximum Gasteiger partial charge on any atom is 0.368 e. The molecule has 9 nitrogen and oxygen atoms in total. The molecule has 0 atom stereocenters. The standard InChI is InChI=1S/C12H13N7O2/c1-16(7-9-5-14-17(2)8-9)11-4-3-10-13-6-12(19(20)21)18(10)15-11/h3-6,8H,7H2,1-2H3. The van der Waals surface area contributed by atoms with Crippen molar-refractivity contribution in [2.45, 2.75) is 6.54 Å². The Labute approximate surface area is 119 Å². The van der Waals surface area contributed by atoms with E-state index in [-0.39, 0.29) is 5.82 Å². The van der Waals surface area contributed by atoms with Gasteiger partial charge in [0.1, 0.15) is 6.20 Å². The Balaban J connectivity index is 1.92. The highest BCUT2D eigenvalue weighted by Crippen LogP contribution is 2.17. The third-order valence-electron chi connectivity index (χ3n) is 3.09. The van der Waals surface area contributed by atoms with E-state index in [1.165, 1.54) is 10.7 Å². The second kappa shape index (κ2) is 4.85. The van der Waals surface area contributed by atoms with E-state index in [0.29, 0.717) is 18.0 Å². The fourth-order valence-corrected chi connectivity index (χ4v) is 2.09. The predicted molar refractivity (Wildman–Crippen MR) is 75.0 cm³/mol. The van der Waals surface area contributed by atoms with Gasteiger partial charge < -0.3 is 15.0 Å². The average molecular weight is 287 g/mol. The normalized spacial score (nSPS) is 11.0. The van der Waals surface area contributed by atoms with Gasteiger partial charge in [0.05, 0.1) is 6.20 Å². The molecule has 0 fully saturated rings. The number of rotatable bonds is 4. The molecule has 3 aromatic rings. The number of nitrogens with zero attached hydrogens (tertiary/aromatic N) is 7. The zero-order chi connectivity index (χ0) is 15.0.